The number of rotatable bonds is 7. The van der Waals surface area contributed by atoms with Crippen molar-refractivity contribution in [3.8, 4) is 5.75 Å². The fourth-order valence-corrected chi connectivity index (χ4v) is 2.88. The Balaban J connectivity index is 1.68. The minimum Gasteiger partial charge on any atom is -0.492 e. The third-order valence-electron chi connectivity index (χ3n) is 4.59. The molecule has 0 aromatic heterocycles. The van der Waals surface area contributed by atoms with E-state index in [4.69, 9.17) is 4.74 Å². The summed E-state index contributed by atoms with van der Waals surface area (Å²) in [6.45, 7) is 1.97. The number of para-hydroxylation sites is 1. The van der Waals surface area contributed by atoms with Gasteiger partial charge in [0.25, 0.3) is 5.91 Å². The molecule has 5 nitrogen and oxygen atoms in total. The quantitative estimate of drug-likeness (QED) is 0.646. The Labute approximate surface area is 170 Å². The molecule has 5 heteroatoms. The summed E-state index contributed by atoms with van der Waals surface area (Å²) in [5.41, 5.74) is 2.97. The van der Waals surface area contributed by atoms with E-state index in [2.05, 4.69) is 5.32 Å². The van der Waals surface area contributed by atoms with E-state index in [1.54, 1.807) is 43.4 Å². The Hall–Kier alpha value is -3.60. The van der Waals surface area contributed by atoms with Gasteiger partial charge in [-0.05, 0) is 35.9 Å². The maximum atomic E-state index is 12.8. The number of amides is 2. The summed E-state index contributed by atoms with van der Waals surface area (Å²) in [6.07, 6.45) is 0.760. The highest BCUT2D eigenvalue weighted by Crippen LogP contribution is 2.22. The molecule has 0 fully saturated rings. The monoisotopic (exact) mass is 388 g/mol. The van der Waals surface area contributed by atoms with Crippen LogP contribution < -0.4 is 15.0 Å². The Bertz CT molecular complexity index is 986. The minimum atomic E-state index is -0.261. The molecule has 0 heterocycles. The van der Waals surface area contributed by atoms with Crippen LogP contribution in [0.1, 0.15) is 22.8 Å². The van der Waals surface area contributed by atoms with Gasteiger partial charge >= 0.3 is 0 Å². The molecule has 148 valence electrons. The lowest BCUT2D eigenvalue weighted by Crippen LogP contribution is -2.23. The minimum absolute atomic E-state index is 0.0781. The van der Waals surface area contributed by atoms with Gasteiger partial charge < -0.3 is 15.0 Å². The first-order chi connectivity index (χ1) is 14.0. The van der Waals surface area contributed by atoms with Gasteiger partial charge in [-0.3, -0.25) is 9.59 Å². The average molecular weight is 388 g/mol. The summed E-state index contributed by atoms with van der Waals surface area (Å²) in [5, 5.41) is 2.88. The maximum Gasteiger partial charge on any atom is 0.259 e. The first kappa shape index (κ1) is 20.1. The van der Waals surface area contributed by atoms with Crippen LogP contribution in [0.4, 0.5) is 11.4 Å². The molecular weight excluding hydrogens is 364 g/mol. The second-order valence-electron chi connectivity index (χ2n) is 6.66. The van der Waals surface area contributed by atoms with Gasteiger partial charge in [-0.15, -0.1) is 0 Å². The van der Waals surface area contributed by atoms with E-state index in [-0.39, 0.29) is 11.8 Å². The van der Waals surface area contributed by atoms with Gasteiger partial charge in [-0.1, -0.05) is 48.5 Å². The molecule has 0 bridgehead atoms. The zero-order chi connectivity index (χ0) is 20.6. The highest BCUT2D eigenvalue weighted by Gasteiger charge is 2.13. The van der Waals surface area contributed by atoms with E-state index < -0.39 is 0 Å². The Morgan fingerprint density at radius 2 is 1.66 bits per heavy atom. The molecule has 0 atom stereocenters. The number of ether oxygens (including phenoxy) is 1. The zero-order valence-electron chi connectivity index (χ0n) is 16.6. The van der Waals surface area contributed by atoms with Crippen molar-refractivity contribution in [1.82, 2.24) is 0 Å². The number of carbonyl (C=O) groups excluding carboxylic acids is 2. The molecule has 0 aliphatic rings. The number of benzene rings is 3. The van der Waals surface area contributed by atoms with Crippen LogP contribution in [0.25, 0.3) is 0 Å². The lowest BCUT2D eigenvalue weighted by molar-refractivity contribution is -0.116. The van der Waals surface area contributed by atoms with Crippen LogP contribution in [0.3, 0.4) is 0 Å². The van der Waals surface area contributed by atoms with Gasteiger partial charge in [0.15, 0.2) is 0 Å². The largest absolute Gasteiger partial charge is 0.492 e. The summed E-state index contributed by atoms with van der Waals surface area (Å²) < 4.78 is 5.88. The van der Waals surface area contributed by atoms with Crippen molar-refractivity contribution in [2.75, 3.05) is 23.9 Å². The third kappa shape index (κ3) is 5.45. The predicted molar refractivity (Wildman–Crippen MR) is 116 cm³/mol. The summed E-state index contributed by atoms with van der Waals surface area (Å²) in [6, 6.07) is 24.4. The van der Waals surface area contributed by atoms with E-state index in [0.29, 0.717) is 29.3 Å². The summed E-state index contributed by atoms with van der Waals surface area (Å²) in [4.78, 5) is 25.9. The van der Waals surface area contributed by atoms with Crippen LogP contribution >= 0.6 is 0 Å². The van der Waals surface area contributed by atoms with E-state index >= 15 is 0 Å². The molecule has 0 radical (unpaired) electrons. The molecule has 3 rings (SSSR count). The first-order valence-electron chi connectivity index (χ1n) is 9.46. The summed E-state index contributed by atoms with van der Waals surface area (Å²) in [5.74, 6) is 0.200. The molecule has 0 spiro atoms. The smallest absolute Gasteiger partial charge is 0.259 e. The molecule has 0 aliphatic heterocycles. The van der Waals surface area contributed by atoms with E-state index in [0.717, 1.165) is 6.42 Å². The van der Waals surface area contributed by atoms with E-state index in [9.17, 15) is 9.59 Å². The number of carbonyl (C=O) groups is 2. The highest BCUT2D eigenvalue weighted by atomic mass is 16.5. The van der Waals surface area contributed by atoms with Crippen LogP contribution in [0.15, 0.2) is 78.9 Å². The van der Waals surface area contributed by atoms with Gasteiger partial charge in [0.1, 0.15) is 5.75 Å². The third-order valence-corrected chi connectivity index (χ3v) is 4.59. The second-order valence-corrected chi connectivity index (χ2v) is 6.66. The van der Waals surface area contributed by atoms with Crippen molar-refractivity contribution < 1.29 is 14.3 Å². The van der Waals surface area contributed by atoms with Gasteiger partial charge in [0.2, 0.25) is 5.91 Å². The van der Waals surface area contributed by atoms with Crippen molar-refractivity contribution in [1.29, 1.82) is 0 Å². The number of anilines is 2. The van der Waals surface area contributed by atoms with Crippen LogP contribution in [0, 0.1) is 0 Å². The lowest BCUT2D eigenvalue weighted by atomic mass is 10.1. The highest BCUT2D eigenvalue weighted by molar-refractivity contribution is 6.06. The van der Waals surface area contributed by atoms with Crippen molar-refractivity contribution in [2.45, 2.75) is 13.3 Å². The van der Waals surface area contributed by atoms with E-state index in [1.165, 1.54) is 17.4 Å². The molecule has 0 aliphatic carbocycles. The summed E-state index contributed by atoms with van der Waals surface area (Å²) in [7, 11) is 1.69. The van der Waals surface area contributed by atoms with Gasteiger partial charge in [0.05, 0.1) is 12.2 Å². The molecule has 0 saturated carbocycles. The molecule has 2 amide bonds. The number of nitrogens with zero attached hydrogens (tertiary/aromatic N) is 1. The normalized spacial score (nSPS) is 10.3. The van der Waals surface area contributed by atoms with Gasteiger partial charge in [-0.25, -0.2) is 0 Å². The fraction of sp³-hybridized carbons (Fsp3) is 0.167. The molecule has 0 saturated heterocycles. The predicted octanol–water partition coefficient (Wildman–Crippen LogP) is 4.54. The first-order valence-corrected chi connectivity index (χ1v) is 9.46. The standard InChI is InChI=1S/C24H24N2O3/c1-18(27)26(2)21-12-8-11-20(17-21)25-24(28)22-13-6-7-14-23(22)29-16-15-19-9-4-3-5-10-19/h3-14,17H,15-16H2,1-2H3,(H,25,28). The Morgan fingerprint density at radius 1 is 0.931 bits per heavy atom. The number of hydrogen-bond donors (Lipinski definition) is 1. The van der Waals surface area contributed by atoms with Crippen LogP contribution in [0.2, 0.25) is 0 Å². The molecule has 3 aromatic carbocycles. The fourth-order valence-electron chi connectivity index (χ4n) is 2.88. The summed E-state index contributed by atoms with van der Waals surface area (Å²) >= 11 is 0. The molecule has 29 heavy (non-hydrogen) atoms. The lowest BCUT2D eigenvalue weighted by Gasteiger charge is -2.16. The molecule has 1 N–H and O–H groups in total. The van der Waals surface area contributed by atoms with Crippen molar-refractivity contribution >= 4 is 23.2 Å². The zero-order valence-corrected chi connectivity index (χ0v) is 16.6. The van der Waals surface area contributed by atoms with Crippen molar-refractivity contribution in [2.24, 2.45) is 0 Å². The average Bonchev–Trinajstić information content (AvgIpc) is 2.74. The van der Waals surface area contributed by atoms with Crippen LogP contribution in [-0.4, -0.2) is 25.5 Å². The topological polar surface area (TPSA) is 58.6 Å². The van der Waals surface area contributed by atoms with Gasteiger partial charge in [0, 0.05) is 31.8 Å². The van der Waals surface area contributed by atoms with Crippen molar-refractivity contribution in [3.05, 3.63) is 90.0 Å². The second kappa shape index (κ2) is 9.55. The van der Waals surface area contributed by atoms with E-state index in [1.807, 2.05) is 42.5 Å². The molecule has 0 unspecified atom stereocenters. The maximum absolute atomic E-state index is 12.8. The number of nitrogens with one attached hydrogen (secondary N) is 1. The van der Waals surface area contributed by atoms with Crippen LogP contribution in [0.5, 0.6) is 5.75 Å². The number of hydrogen-bond acceptors (Lipinski definition) is 3. The van der Waals surface area contributed by atoms with Crippen molar-refractivity contribution in [3.63, 3.8) is 0 Å². The Morgan fingerprint density at radius 3 is 2.41 bits per heavy atom. The SMILES string of the molecule is CC(=O)N(C)c1cccc(NC(=O)c2ccccc2OCCc2ccccc2)c1. The molecular formula is C24H24N2O3. The van der Waals surface area contributed by atoms with Crippen LogP contribution in [-0.2, 0) is 11.2 Å². The molecule has 3 aromatic rings. The van der Waals surface area contributed by atoms with Gasteiger partial charge in [-0.2, -0.15) is 0 Å². The Kier molecular flexibility index (Phi) is 6.63.